The molecular weight excluding hydrogens is 310 g/mol. The van der Waals surface area contributed by atoms with Crippen LogP contribution in [0.1, 0.15) is 46.2 Å². The van der Waals surface area contributed by atoms with Gasteiger partial charge in [0.2, 0.25) is 0 Å². The van der Waals surface area contributed by atoms with Crippen molar-refractivity contribution in [1.82, 2.24) is 25.2 Å². The van der Waals surface area contributed by atoms with Crippen molar-refractivity contribution in [2.24, 2.45) is 0 Å². The number of rotatable bonds is 5. The molecule has 1 saturated heterocycles. The van der Waals surface area contributed by atoms with Crippen LogP contribution in [0.15, 0.2) is 6.20 Å². The van der Waals surface area contributed by atoms with Gasteiger partial charge < -0.3 is 20.1 Å². The molecule has 1 aliphatic rings. The molecule has 2 heterocycles. The molecule has 2 atom stereocenters. The third-order valence-corrected chi connectivity index (χ3v) is 4.08. The third-order valence-electron chi connectivity index (χ3n) is 4.08. The number of aromatic nitrogens is 3. The topological polar surface area (TPSA) is 92.5 Å². The van der Waals surface area contributed by atoms with Gasteiger partial charge in [0, 0.05) is 31.4 Å². The molecule has 2 rings (SSSR count). The van der Waals surface area contributed by atoms with Crippen molar-refractivity contribution >= 4 is 6.09 Å². The van der Waals surface area contributed by atoms with E-state index in [9.17, 15) is 4.79 Å². The molecule has 0 spiro atoms. The molecule has 24 heavy (non-hydrogen) atoms. The van der Waals surface area contributed by atoms with Crippen molar-refractivity contribution in [3.63, 3.8) is 0 Å². The Morgan fingerprint density at radius 1 is 1.50 bits per heavy atom. The molecule has 1 aliphatic heterocycles. The summed E-state index contributed by atoms with van der Waals surface area (Å²) in [6, 6.07) is 0.246. The van der Waals surface area contributed by atoms with E-state index >= 15 is 0 Å². The lowest BCUT2D eigenvalue weighted by molar-refractivity contribution is 0.00697. The highest BCUT2D eigenvalue weighted by Crippen LogP contribution is 2.21. The van der Waals surface area contributed by atoms with E-state index in [2.05, 4.69) is 15.6 Å². The van der Waals surface area contributed by atoms with E-state index in [4.69, 9.17) is 9.84 Å². The second kappa shape index (κ2) is 7.94. The van der Waals surface area contributed by atoms with Gasteiger partial charge in [0.15, 0.2) is 0 Å². The zero-order valence-corrected chi connectivity index (χ0v) is 15.0. The predicted molar refractivity (Wildman–Crippen MR) is 89.4 cm³/mol. The molecule has 136 valence electrons. The van der Waals surface area contributed by atoms with Crippen molar-refractivity contribution in [2.75, 3.05) is 13.2 Å². The van der Waals surface area contributed by atoms with Gasteiger partial charge in [-0.2, -0.15) is 0 Å². The van der Waals surface area contributed by atoms with E-state index < -0.39 is 5.60 Å². The minimum atomic E-state index is -0.484. The van der Waals surface area contributed by atoms with Crippen molar-refractivity contribution in [3.05, 3.63) is 11.9 Å². The van der Waals surface area contributed by atoms with Crippen LogP contribution in [0, 0.1) is 0 Å². The zero-order chi connectivity index (χ0) is 17.7. The largest absolute Gasteiger partial charge is 0.444 e. The van der Waals surface area contributed by atoms with Crippen LogP contribution in [-0.4, -0.2) is 61.9 Å². The van der Waals surface area contributed by atoms with Crippen LogP contribution < -0.4 is 5.32 Å². The Hall–Kier alpha value is -1.67. The number of carbonyl (C=O) groups is 1. The van der Waals surface area contributed by atoms with Crippen LogP contribution >= 0.6 is 0 Å². The predicted octanol–water partition coefficient (Wildman–Crippen LogP) is 1.15. The van der Waals surface area contributed by atoms with E-state index in [1.807, 2.05) is 33.9 Å². The summed E-state index contributed by atoms with van der Waals surface area (Å²) in [7, 11) is 0. The fourth-order valence-corrected chi connectivity index (χ4v) is 2.86. The Morgan fingerprint density at radius 2 is 2.25 bits per heavy atom. The van der Waals surface area contributed by atoms with Gasteiger partial charge in [-0.1, -0.05) is 5.21 Å². The SMILES string of the molecule is CC1C(NCc2cn(CCO)nn2)CCCN1C(=O)OC(C)(C)C. The summed E-state index contributed by atoms with van der Waals surface area (Å²) in [5.41, 5.74) is 0.340. The number of carbonyl (C=O) groups excluding carboxylic acids is 1. The lowest BCUT2D eigenvalue weighted by Gasteiger charge is -2.40. The summed E-state index contributed by atoms with van der Waals surface area (Å²) in [4.78, 5) is 14.1. The maximum Gasteiger partial charge on any atom is 0.410 e. The van der Waals surface area contributed by atoms with Crippen LogP contribution in [0.2, 0.25) is 0 Å². The lowest BCUT2D eigenvalue weighted by atomic mass is 9.98. The first-order valence-electron chi connectivity index (χ1n) is 8.53. The highest BCUT2D eigenvalue weighted by atomic mass is 16.6. The summed E-state index contributed by atoms with van der Waals surface area (Å²) < 4.78 is 7.12. The van der Waals surface area contributed by atoms with Gasteiger partial charge >= 0.3 is 6.09 Å². The molecule has 1 amide bonds. The molecule has 0 aliphatic carbocycles. The second-order valence-electron chi connectivity index (χ2n) is 7.24. The number of piperidine rings is 1. The summed E-state index contributed by atoms with van der Waals surface area (Å²) in [6.45, 7) is 9.48. The quantitative estimate of drug-likeness (QED) is 0.836. The molecule has 1 aromatic heterocycles. The molecule has 2 N–H and O–H groups in total. The van der Waals surface area contributed by atoms with Gasteiger partial charge in [-0.15, -0.1) is 5.10 Å². The Bertz CT molecular complexity index is 540. The normalized spacial score (nSPS) is 21.8. The van der Waals surface area contributed by atoms with Crippen LogP contribution in [0.25, 0.3) is 0 Å². The number of likely N-dealkylation sites (tertiary alicyclic amines) is 1. The number of hydrogen-bond donors (Lipinski definition) is 2. The molecule has 2 unspecified atom stereocenters. The van der Waals surface area contributed by atoms with Crippen LogP contribution in [0.4, 0.5) is 4.79 Å². The van der Waals surface area contributed by atoms with E-state index in [-0.39, 0.29) is 24.8 Å². The average Bonchev–Trinajstić information content (AvgIpc) is 2.92. The summed E-state index contributed by atoms with van der Waals surface area (Å²) in [5, 5.41) is 20.4. The van der Waals surface area contributed by atoms with Gasteiger partial charge in [-0.05, 0) is 40.5 Å². The molecule has 1 fully saturated rings. The van der Waals surface area contributed by atoms with Gasteiger partial charge in [0.1, 0.15) is 5.60 Å². The maximum absolute atomic E-state index is 12.3. The van der Waals surface area contributed by atoms with Crippen LogP contribution in [-0.2, 0) is 17.8 Å². The average molecular weight is 339 g/mol. The minimum Gasteiger partial charge on any atom is -0.444 e. The number of nitrogens with zero attached hydrogens (tertiary/aromatic N) is 4. The molecule has 8 heteroatoms. The third kappa shape index (κ3) is 5.17. The minimum absolute atomic E-state index is 0.0424. The van der Waals surface area contributed by atoms with Crippen molar-refractivity contribution < 1.29 is 14.6 Å². The highest BCUT2D eigenvalue weighted by Gasteiger charge is 2.33. The van der Waals surface area contributed by atoms with E-state index in [0.717, 1.165) is 25.1 Å². The summed E-state index contributed by atoms with van der Waals surface area (Å²) >= 11 is 0. The monoisotopic (exact) mass is 339 g/mol. The second-order valence-corrected chi connectivity index (χ2v) is 7.24. The molecule has 0 aromatic carbocycles. The number of hydrogen-bond acceptors (Lipinski definition) is 6. The van der Waals surface area contributed by atoms with Gasteiger partial charge in [-0.25, -0.2) is 9.48 Å². The number of aliphatic hydroxyl groups excluding tert-OH is 1. The Balaban J connectivity index is 1.89. The van der Waals surface area contributed by atoms with E-state index in [0.29, 0.717) is 13.1 Å². The van der Waals surface area contributed by atoms with Crippen molar-refractivity contribution in [1.29, 1.82) is 0 Å². The number of ether oxygens (including phenoxy) is 1. The Kier molecular flexibility index (Phi) is 6.17. The van der Waals surface area contributed by atoms with Gasteiger partial charge in [0.05, 0.1) is 18.8 Å². The maximum atomic E-state index is 12.3. The van der Waals surface area contributed by atoms with Gasteiger partial charge in [-0.3, -0.25) is 0 Å². The molecule has 0 radical (unpaired) electrons. The van der Waals surface area contributed by atoms with Crippen molar-refractivity contribution in [2.45, 2.75) is 71.3 Å². The highest BCUT2D eigenvalue weighted by molar-refractivity contribution is 5.68. The zero-order valence-electron chi connectivity index (χ0n) is 15.0. The molecule has 0 saturated carbocycles. The first-order valence-corrected chi connectivity index (χ1v) is 8.53. The summed E-state index contributed by atoms with van der Waals surface area (Å²) in [5.74, 6) is 0. The fraction of sp³-hybridized carbons (Fsp3) is 0.812. The number of nitrogens with one attached hydrogen (secondary N) is 1. The lowest BCUT2D eigenvalue weighted by Crippen LogP contribution is -2.55. The Labute approximate surface area is 143 Å². The molecule has 1 aromatic rings. The summed E-state index contributed by atoms with van der Waals surface area (Å²) in [6.07, 6.45) is 3.52. The van der Waals surface area contributed by atoms with E-state index in [1.54, 1.807) is 9.58 Å². The van der Waals surface area contributed by atoms with Crippen molar-refractivity contribution in [3.8, 4) is 0 Å². The van der Waals surface area contributed by atoms with Crippen LogP contribution in [0.5, 0.6) is 0 Å². The first kappa shape index (κ1) is 18.7. The van der Waals surface area contributed by atoms with Crippen LogP contribution in [0.3, 0.4) is 0 Å². The first-order chi connectivity index (χ1) is 11.3. The number of aliphatic hydroxyl groups is 1. The molecule has 0 bridgehead atoms. The standard InChI is InChI=1S/C16H29N5O3/c1-12-14(17-10-13-11-20(8-9-22)19-18-13)6-5-7-21(12)15(23)24-16(2,3)4/h11-12,14,17,22H,5-10H2,1-4H3. The molecular formula is C16H29N5O3. The Morgan fingerprint density at radius 3 is 2.92 bits per heavy atom. The smallest absolute Gasteiger partial charge is 0.410 e. The number of amides is 1. The van der Waals surface area contributed by atoms with Gasteiger partial charge in [0.25, 0.3) is 0 Å². The van der Waals surface area contributed by atoms with E-state index in [1.165, 1.54) is 0 Å². The molecule has 8 nitrogen and oxygen atoms in total. The fourth-order valence-electron chi connectivity index (χ4n) is 2.86.